The Kier molecular flexibility index (Phi) is 3.63. The fourth-order valence-electron chi connectivity index (χ4n) is 0.979. The summed E-state index contributed by atoms with van der Waals surface area (Å²) in [7, 11) is -2.73. The first-order valence-electron chi connectivity index (χ1n) is 4.36. The van der Waals surface area contributed by atoms with Crippen LogP contribution in [-0.4, -0.2) is 26.4 Å². The monoisotopic (exact) mass is 259 g/mol. The number of amides is 2. The van der Waals surface area contributed by atoms with Crippen molar-refractivity contribution in [3.05, 3.63) is 34.4 Å². The van der Waals surface area contributed by atoms with Crippen molar-refractivity contribution in [2.45, 2.75) is 4.90 Å². The Morgan fingerprint density at radius 2 is 1.82 bits per heavy atom. The molecule has 0 saturated heterocycles. The summed E-state index contributed by atoms with van der Waals surface area (Å²) in [6.45, 7) is 0. The van der Waals surface area contributed by atoms with Crippen molar-refractivity contribution in [1.82, 2.24) is 10.0 Å². The lowest BCUT2D eigenvalue weighted by Gasteiger charge is -2.05. The summed E-state index contributed by atoms with van der Waals surface area (Å²) in [5.74, 6) is 0. The lowest BCUT2D eigenvalue weighted by atomic mass is 10.3. The lowest BCUT2D eigenvalue weighted by Crippen LogP contribution is -2.37. The van der Waals surface area contributed by atoms with E-state index in [9.17, 15) is 23.3 Å². The minimum Gasteiger partial charge on any atom is -0.340 e. The number of nitro groups is 1. The molecule has 8 nitrogen and oxygen atoms in total. The van der Waals surface area contributed by atoms with Crippen LogP contribution in [0.15, 0.2) is 29.2 Å². The highest BCUT2D eigenvalue weighted by Crippen LogP contribution is 2.15. The third-order valence-electron chi connectivity index (χ3n) is 1.81. The fraction of sp³-hybridized carbons (Fsp3) is 0.125. The standard InChI is InChI=1S/C8H9N3O5S/c1-9-8(12)10-17(15,16)7-4-2-6(3-5-7)11(13)14/h2-5H,1H3,(H2,9,10,12). The third kappa shape index (κ3) is 3.14. The first kappa shape index (κ1) is 12.9. The van der Waals surface area contributed by atoms with Crippen molar-refractivity contribution >= 4 is 21.7 Å². The summed E-state index contributed by atoms with van der Waals surface area (Å²) >= 11 is 0. The quantitative estimate of drug-likeness (QED) is 0.594. The van der Waals surface area contributed by atoms with E-state index in [2.05, 4.69) is 5.32 Å². The van der Waals surface area contributed by atoms with E-state index in [4.69, 9.17) is 0 Å². The van der Waals surface area contributed by atoms with Crippen LogP contribution in [0, 0.1) is 10.1 Å². The molecular weight excluding hydrogens is 250 g/mol. The molecule has 0 radical (unpaired) electrons. The highest BCUT2D eigenvalue weighted by Gasteiger charge is 2.17. The molecule has 0 fully saturated rings. The minimum absolute atomic E-state index is 0.230. The zero-order valence-corrected chi connectivity index (χ0v) is 9.52. The largest absolute Gasteiger partial charge is 0.340 e. The van der Waals surface area contributed by atoms with E-state index in [1.54, 1.807) is 4.72 Å². The van der Waals surface area contributed by atoms with Crippen LogP contribution < -0.4 is 10.0 Å². The molecule has 0 bridgehead atoms. The van der Waals surface area contributed by atoms with Gasteiger partial charge in [0, 0.05) is 19.2 Å². The zero-order valence-electron chi connectivity index (χ0n) is 8.71. The Balaban J connectivity index is 3.00. The van der Waals surface area contributed by atoms with Crippen LogP contribution in [0.4, 0.5) is 10.5 Å². The van der Waals surface area contributed by atoms with Gasteiger partial charge in [0.25, 0.3) is 15.7 Å². The van der Waals surface area contributed by atoms with Crippen LogP contribution in [0.5, 0.6) is 0 Å². The maximum atomic E-state index is 11.5. The van der Waals surface area contributed by atoms with Crippen LogP contribution in [0.25, 0.3) is 0 Å². The number of hydrogen-bond acceptors (Lipinski definition) is 5. The molecule has 17 heavy (non-hydrogen) atoms. The van der Waals surface area contributed by atoms with Gasteiger partial charge in [-0.25, -0.2) is 17.9 Å². The van der Waals surface area contributed by atoms with Crippen molar-refractivity contribution in [1.29, 1.82) is 0 Å². The molecule has 1 aromatic rings. The van der Waals surface area contributed by atoms with Crippen LogP contribution in [0.1, 0.15) is 0 Å². The van der Waals surface area contributed by atoms with Crippen molar-refractivity contribution in [3.8, 4) is 0 Å². The number of carbonyl (C=O) groups excluding carboxylic acids is 1. The van der Waals surface area contributed by atoms with Gasteiger partial charge in [-0.2, -0.15) is 0 Å². The molecule has 0 aliphatic rings. The number of rotatable bonds is 3. The van der Waals surface area contributed by atoms with Gasteiger partial charge < -0.3 is 5.32 Å². The molecule has 0 heterocycles. The van der Waals surface area contributed by atoms with E-state index in [1.165, 1.54) is 7.05 Å². The number of nitrogens with one attached hydrogen (secondary N) is 2. The summed E-state index contributed by atoms with van der Waals surface area (Å²) < 4.78 is 24.8. The first-order chi connectivity index (χ1) is 7.86. The summed E-state index contributed by atoms with van der Waals surface area (Å²) in [6.07, 6.45) is 0. The van der Waals surface area contributed by atoms with E-state index in [0.29, 0.717) is 0 Å². The normalized spacial score (nSPS) is 10.6. The van der Waals surface area contributed by atoms with E-state index < -0.39 is 21.0 Å². The van der Waals surface area contributed by atoms with Crippen molar-refractivity contribution in [3.63, 3.8) is 0 Å². The second kappa shape index (κ2) is 4.78. The average molecular weight is 259 g/mol. The minimum atomic E-state index is -4.00. The van der Waals surface area contributed by atoms with Crippen LogP contribution >= 0.6 is 0 Å². The van der Waals surface area contributed by atoms with E-state index in [0.717, 1.165) is 24.3 Å². The van der Waals surface area contributed by atoms with Gasteiger partial charge in [-0.05, 0) is 12.1 Å². The molecule has 2 amide bonds. The molecule has 2 N–H and O–H groups in total. The van der Waals surface area contributed by atoms with Gasteiger partial charge in [0.1, 0.15) is 0 Å². The number of urea groups is 1. The van der Waals surface area contributed by atoms with Gasteiger partial charge in [0.15, 0.2) is 0 Å². The number of carbonyl (C=O) groups is 1. The average Bonchev–Trinajstić information content (AvgIpc) is 2.28. The molecule has 92 valence electrons. The van der Waals surface area contributed by atoms with E-state index in [1.807, 2.05) is 0 Å². The molecule has 0 aliphatic heterocycles. The number of hydrogen-bond donors (Lipinski definition) is 2. The molecule has 0 spiro atoms. The second-order valence-corrected chi connectivity index (χ2v) is 4.62. The maximum absolute atomic E-state index is 11.5. The van der Waals surface area contributed by atoms with Gasteiger partial charge >= 0.3 is 6.03 Å². The van der Waals surface area contributed by atoms with Gasteiger partial charge in [0.2, 0.25) is 0 Å². The summed E-state index contributed by atoms with van der Waals surface area (Å²) in [6, 6.07) is 3.28. The zero-order chi connectivity index (χ0) is 13.1. The molecule has 0 unspecified atom stereocenters. The van der Waals surface area contributed by atoms with Crippen molar-refractivity contribution < 1.29 is 18.1 Å². The molecule has 0 saturated carbocycles. The number of benzene rings is 1. The molecule has 0 aromatic heterocycles. The Morgan fingerprint density at radius 3 is 2.24 bits per heavy atom. The molecule has 1 rings (SSSR count). The Hall–Kier alpha value is -2.16. The lowest BCUT2D eigenvalue weighted by molar-refractivity contribution is -0.384. The second-order valence-electron chi connectivity index (χ2n) is 2.94. The Bertz CT molecular complexity index is 537. The predicted molar refractivity (Wildman–Crippen MR) is 57.9 cm³/mol. The molecule has 9 heteroatoms. The molecule has 0 atom stereocenters. The summed E-state index contributed by atoms with van der Waals surface area (Å²) in [5, 5.41) is 12.4. The Labute approximate surface area is 96.8 Å². The topological polar surface area (TPSA) is 118 Å². The molecule has 0 aliphatic carbocycles. The van der Waals surface area contributed by atoms with Crippen LogP contribution in [0.2, 0.25) is 0 Å². The highest BCUT2D eigenvalue weighted by atomic mass is 32.2. The summed E-state index contributed by atoms with van der Waals surface area (Å²) in [4.78, 5) is 20.3. The van der Waals surface area contributed by atoms with Gasteiger partial charge in [0.05, 0.1) is 9.82 Å². The highest BCUT2D eigenvalue weighted by molar-refractivity contribution is 7.90. The smallest absolute Gasteiger partial charge is 0.328 e. The molecule has 1 aromatic carbocycles. The van der Waals surface area contributed by atoms with Crippen LogP contribution in [0.3, 0.4) is 0 Å². The van der Waals surface area contributed by atoms with Gasteiger partial charge in [-0.15, -0.1) is 0 Å². The van der Waals surface area contributed by atoms with Crippen molar-refractivity contribution in [2.75, 3.05) is 7.05 Å². The third-order valence-corrected chi connectivity index (χ3v) is 3.16. The number of nitrogens with zero attached hydrogens (tertiary/aromatic N) is 1. The molecular formula is C8H9N3O5S. The first-order valence-corrected chi connectivity index (χ1v) is 5.84. The van der Waals surface area contributed by atoms with Gasteiger partial charge in [-0.1, -0.05) is 0 Å². The van der Waals surface area contributed by atoms with E-state index >= 15 is 0 Å². The Morgan fingerprint density at radius 1 is 1.29 bits per heavy atom. The van der Waals surface area contributed by atoms with E-state index in [-0.39, 0.29) is 10.6 Å². The number of nitro benzene ring substituents is 1. The van der Waals surface area contributed by atoms with Crippen molar-refractivity contribution in [2.24, 2.45) is 0 Å². The number of non-ortho nitro benzene ring substituents is 1. The SMILES string of the molecule is CNC(=O)NS(=O)(=O)c1ccc([N+](=O)[O-])cc1. The van der Waals surface area contributed by atoms with Crippen LogP contribution in [-0.2, 0) is 10.0 Å². The number of sulfonamides is 1. The van der Waals surface area contributed by atoms with Gasteiger partial charge in [-0.3, -0.25) is 10.1 Å². The maximum Gasteiger partial charge on any atom is 0.328 e. The fourth-order valence-corrected chi connectivity index (χ4v) is 1.94. The predicted octanol–water partition coefficient (Wildman–Crippen LogP) is 0.212. The summed E-state index contributed by atoms with van der Waals surface area (Å²) in [5.41, 5.74) is -0.233.